The predicted octanol–water partition coefficient (Wildman–Crippen LogP) is 2.35. The molecule has 0 aliphatic carbocycles. The Labute approximate surface area is 159 Å². The molecular weight excluding hydrogens is 423 g/mol. The van der Waals surface area contributed by atoms with Crippen LogP contribution >= 0.6 is 35.7 Å². The van der Waals surface area contributed by atoms with E-state index in [4.69, 9.17) is 5.73 Å². The van der Waals surface area contributed by atoms with Crippen molar-refractivity contribution < 1.29 is 4.79 Å². The second kappa shape index (κ2) is 10.7. The molecule has 128 valence electrons. The molecule has 23 heavy (non-hydrogen) atoms. The lowest BCUT2D eigenvalue weighted by Crippen LogP contribution is -2.40. The molecule has 0 bridgehead atoms. The minimum Gasteiger partial charge on any atom is -0.366 e. The summed E-state index contributed by atoms with van der Waals surface area (Å²) >= 11 is 2.03. The summed E-state index contributed by atoms with van der Waals surface area (Å²) in [5.41, 5.74) is 6.81. The molecule has 1 fully saturated rings. The first-order valence-corrected chi connectivity index (χ1v) is 8.76. The molecule has 1 aromatic rings. The Morgan fingerprint density at radius 3 is 2.65 bits per heavy atom. The van der Waals surface area contributed by atoms with Gasteiger partial charge in [-0.1, -0.05) is 12.1 Å². The minimum absolute atomic E-state index is 0. The summed E-state index contributed by atoms with van der Waals surface area (Å²) < 4.78 is 0. The Bertz CT molecular complexity index is 515. The van der Waals surface area contributed by atoms with Crippen molar-refractivity contribution in [3.05, 3.63) is 35.4 Å². The fourth-order valence-electron chi connectivity index (χ4n) is 2.30. The number of halogens is 1. The molecule has 0 aromatic heterocycles. The van der Waals surface area contributed by atoms with Gasteiger partial charge in [0.1, 0.15) is 0 Å². The number of amides is 1. The van der Waals surface area contributed by atoms with Crippen molar-refractivity contribution >= 4 is 47.6 Å². The topological polar surface area (TPSA) is 79.5 Å². The Morgan fingerprint density at radius 2 is 2.09 bits per heavy atom. The first-order valence-electron chi connectivity index (χ1n) is 7.71. The third kappa shape index (κ3) is 6.99. The highest BCUT2D eigenvalue weighted by atomic mass is 127. The first-order chi connectivity index (χ1) is 10.7. The number of hydrogen-bond donors (Lipinski definition) is 3. The third-order valence-corrected chi connectivity index (χ3v) is 4.92. The van der Waals surface area contributed by atoms with E-state index < -0.39 is 5.91 Å². The van der Waals surface area contributed by atoms with E-state index in [1.165, 1.54) is 18.6 Å². The number of nitrogens with one attached hydrogen (secondary N) is 2. The largest absolute Gasteiger partial charge is 0.366 e. The van der Waals surface area contributed by atoms with Crippen molar-refractivity contribution in [2.24, 2.45) is 10.7 Å². The zero-order valence-electron chi connectivity index (χ0n) is 13.4. The van der Waals surface area contributed by atoms with Gasteiger partial charge in [0.2, 0.25) is 5.91 Å². The second-order valence-electron chi connectivity index (χ2n) is 5.27. The molecule has 0 saturated carbocycles. The van der Waals surface area contributed by atoms with Crippen LogP contribution in [0.3, 0.4) is 0 Å². The summed E-state index contributed by atoms with van der Waals surface area (Å²) in [4.78, 5) is 15.6. The number of carbonyl (C=O) groups excluding carboxylic acids is 1. The lowest BCUT2D eigenvalue weighted by molar-refractivity contribution is 0.100. The smallest absolute Gasteiger partial charge is 0.248 e. The second-order valence-corrected chi connectivity index (χ2v) is 6.68. The lowest BCUT2D eigenvalue weighted by atomic mass is 10.1. The van der Waals surface area contributed by atoms with Gasteiger partial charge >= 0.3 is 0 Å². The van der Waals surface area contributed by atoms with Crippen molar-refractivity contribution in [1.29, 1.82) is 0 Å². The van der Waals surface area contributed by atoms with Crippen molar-refractivity contribution in [2.75, 3.05) is 18.8 Å². The van der Waals surface area contributed by atoms with Gasteiger partial charge in [0.15, 0.2) is 5.96 Å². The fourth-order valence-corrected chi connectivity index (χ4v) is 3.50. The van der Waals surface area contributed by atoms with Crippen LogP contribution < -0.4 is 16.4 Å². The average Bonchev–Trinajstić information content (AvgIpc) is 3.04. The predicted molar refractivity (Wildman–Crippen MR) is 109 cm³/mol. The van der Waals surface area contributed by atoms with Crippen LogP contribution in [-0.4, -0.2) is 36.0 Å². The van der Waals surface area contributed by atoms with Crippen molar-refractivity contribution in [3.8, 4) is 0 Å². The van der Waals surface area contributed by atoms with Crippen LogP contribution in [0.25, 0.3) is 0 Å². The molecule has 1 heterocycles. The SMILES string of the molecule is CCNC(=NCc1ccc(C(N)=O)cc1)NCC1CCCS1.I. The average molecular weight is 448 g/mol. The molecule has 7 heteroatoms. The van der Waals surface area contributed by atoms with Gasteiger partial charge in [-0.2, -0.15) is 11.8 Å². The normalized spacial score (nSPS) is 17.4. The van der Waals surface area contributed by atoms with Gasteiger partial charge in [-0.05, 0) is 43.2 Å². The van der Waals surface area contributed by atoms with Crippen LogP contribution in [0, 0.1) is 0 Å². The fraction of sp³-hybridized carbons (Fsp3) is 0.500. The molecule has 0 spiro atoms. The Hall–Kier alpha value is -0.960. The van der Waals surface area contributed by atoms with E-state index in [1.807, 2.05) is 23.9 Å². The number of carbonyl (C=O) groups is 1. The highest BCUT2D eigenvalue weighted by Gasteiger charge is 2.15. The number of thioether (sulfide) groups is 1. The van der Waals surface area contributed by atoms with Crippen LogP contribution in [0.4, 0.5) is 0 Å². The molecule has 1 aliphatic rings. The monoisotopic (exact) mass is 448 g/mol. The number of rotatable bonds is 6. The molecule has 1 unspecified atom stereocenters. The van der Waals surface area contributed by atoms with Gasteiger partial charge in [-0.15, -0.1) is 24.0 Å². The van der Waals surface area contributed by atoms with E-state index in [0.717, 1.165) is 24.6 Å². The van der Waals surface area contributed by atoms with E-state index in [0.29, 0.717) is 17.4 Å². The Balaban J connectivity index is 0.00000264. The van der Waals surface area contributed by atoms with Gasteiger partial charge in [0.05, 0.1) is 6.54 Å². The number of nitrogens with zero attached hydrogens (tertiary/aromatic N) is 1. The van der Waals surface area contributed by atoms with Crippen molar-refractivity contribution in [3.63, 3.8) is 0 Å². The highest BCUT2D eigenvalue weighted by molar-refractivity contribution is 14.0. The van der Waals surface area contributed by atoms with Crippen LogP contribution in [-0.2, 0) is 6.54 Å². The first kappa shape index (κ1) is 20.1. The number of hydrogen-bond acceptors (Lipinski definition) is 3. The van der Waals surface area contributed by atoms with Gasteiger partial charge in [-0.25, -0.2) is 4.99 Å². The number of benzene rings is 1. The van der Waals surface area contributed by atoms with Crippen molar-refractivity contribution in [2.45, 2.75) is 31.6 Å². The van der Waals surface area contributed by atoms with E-state index in [-0.39, 0.29) is 24.0 Å². The molecule has 1 aliphatic heterocycles. The molecule has 0 radical (unpaired) electrons. The van der Waals surface area contributed by atoms with E-state index in [1.54, 1.807) is 12.1 Å². The number of aliphatic imine (C=N–C) groups is 1. The van der Waals surface area contributed by atoms with Gasteiger partial charge in [0.25, 0.3) is 0 Å². The molecule has 5 nitrogen and oxygen atoms in total. The molecule has 4 N–H and O–H groups in total. The van der Waals surface area contributed by atoms with Crippen LogP contribution in [0.5, 0.6) is 0 Å². The zero-order chi connectivity index (χ0) is 15.8. The zero-order valence-corrected chi connectivity index (χ0v) is 16.5. The van der Waals surface area contributed by atoms with Gasteiger partial charge < -0.3 is 16.4 Å². The number of nitrogens with two attached hydrogens (primary N) is 1. The maximum Gasteiger partial charge on any atom is 0.248 e. The summed E-state index contributed by atoms with van der Waals surface area (Å²) in [6.07, 6.45) is 2.60. The number of guanidine groups is 1. The van der Waals surface area contributed by atoms with E-state index >= 15 is 0 Å². The third-order valence-electron chi connectivity index (χ3n) is 3.52. The highest BCUT2D eigenvalue weighted by Crippen LogP contribution is 2.25. The summed E-state index contributed by atoms with van der Waals surface area (Å²) in [7, 11) is 0. The standard InChI is InChI=1S/C16H24N4OS.HI/c1-2-18-16(20-11-14-4-3-9-22-14)19-10-12-5-7-13(8-6-12)15(17)21;/h5-8,14H,2-4,9-11H2,1H3,(H2,17,21)(H2,18,19,20);1H. The summed E-state index contributed by atoms with van der Waals surface area (Å²) in [6.45, 7) is 4.43. The van der Waals surface area contributed by atoms with E-state index in [9.17, 15) is 4.79 Å². The van der Waals surface area contributed by atoms with Crippen LogP contribution in [0.2, 0.25) is 0 Å². The molecular formula is C16H25IN4OS. The molecule has 1 atom stereocenters. The van der Waals surface area contributed by atoms with Gasteiger partial charge in [0, 0.05) is 23.9 Å². The molecule has 1 amide bonds. The summed E-state index contributed by atoms with van der Waals surface area (Å²) in [5, 5.41) is 7.36. The number of primary amides is 1. The maximum absolute atomic E-state index is 11.0. The van der Waals surface area contributed by atoms with Gasteiger partial charge in [-0.3, -0.25) is 4.79 Å². The Morgan fingerprint density at radius 1 is 1.35 bits per heavy atom. The van der Waals surface area contributed by atoms with Crippen LogP contribution in [0.15, 0.2) is 29.3 Å². The quantitative estimate of drug-likeness (QED) is 0.355. The summed E-state index contributed by atoms with van der Waals surface area (Å²) in [5.74, 6) is 1.71. The maximum atomic E-state index is 11.0. The lowest BCUT2D eigenvalue weighted by Gasteiger charge is -2.14. The Kier molecular flexibility index (Phi) is 9.39. The van der Waals surface area contributed by atoms with E-state index in [2.05, 4.69) is 22.5 Å². The minimum atomic E-state index is -0.404. The van der Waals surface area contributed by atoms with Crippen molar-refractivity contribution in [1.82, 2.24) is 10.6 Å². The van der Waals surface area contributed by atoms with Crippen LogP contribution in [0.1, 0.15) is 35.7 Å². The molecule has 2 rings (SSSR count). The molecule has 1 aromatic carbocycles. The summed E-state index contributed by atoms with van der Waals surface area (Å²) in [6, 6.07) is 7.26. The molecule has 1 saturated heterocycles.